The standard InChI is InChI=1S/C16H33NO2/c1-14(2)15-6-8-16(9-7-15)17-10-4-5-11-19-13-12-18-3/h14-17H,4-13H2,1-3H3. The zero-order chi connectivity index (χ0) is 13.9. The molecule has 1 fully saturated rings. The third-order valence-electron chi connectivity index (χ3n) is 4.29. The summed E-state index contributed by atoms with van der Waals surface area (Å²) in [5.74, 6) is 1.83. The lowest BCUT2D eigenvalue weighted by molar-refractivity contribution is 0.0687. The fraction of sp³-hybridized carbons (Fsp3) is 1.00. The molecule has 19 heavy (non-hydrogen) atoms. The molecule has 0 aromatic rings. The maximum Gasteiger partial charge on any atom is 0.0700 e. The molecule has 0 aliphatic heterocycles. The molecule has 0 saturated heterocycles. The number of nitrogens with one attached hydrogen (secondary N) is 1. The Morgan fingerprint density at radius 1 is 1.00 bits per heavy atom. The minimum absolute atomic E-state index is 0.706. The summed E-state index contributed by atoms with van der Waals surface area (Å²) >= 11 is 0. The van der Waals surface area contributed by atoms with Crippen LogP contribution in [0.5, 0.6) is 0 Å². The summed E-state index contributed by atoms with van der Waals surface area (Å²) in [4.78, 5) is 0. The smallest absolute Gasteiger partial charge is 0.0700 e. The number of hydrogen-bond acceptors (Lipinski definition) is 3. The molecule has 3 nitrogen and oxygen atoms in total. The number of ether oxygens (including phenoxy) is 2. The van der Waals surface area contributed by atoms with Gasteiger partial charge in [-0.1, -0.05) is 13.8 Å². The van der Waals surface area contributed by atoms with Gasteiger partial charge in [0.1, 0.15) is 0 Å². The van der Waals surface area contributed by atoms with Crippen LogP contribution in [0, 0.1) is 11.8 Å². The molecule has 0 amide bonds. The van der Waals surface area contributed by atoms with E-state index in [2.05, 4.69) is 19.2 Å². The molecule has 1 rings (SSSR count). The second-order valence-electron chi connectivity index (χ2n) is 6.12. The summed E-state index contributed by atoms with van der Waals surface area (Å²) in [7, 11) is 1.71. The fourth-order valence-corrected chi connectivity index (χ4v) is 2.87. The van der Waals surface area contributed by atoms with Crippen LogP contribution in [-0.4, -0.2) is 39.5 Å². The maximum atomic E-state index is 5.45. The molecule has 3 heteroatoms. The monoisotopic (exact) mass is 271 g/mol. The van der Waals surface area contributed by atoms with E-state index in [1.54, 1.807) is 7.11 Å². The van der Waals surface area contributed by atoms with E-state index in [1.165, 1.54) is 32.1 Å². The van der Waals surface area contributed by atoms with Crippen LogP contribution in [0.3, 0.4) is 0 Å². The van der Waals surface area contributed by atoms with Crippen LogP contribution in [0.1, 0.15) is 52.4 Å². The average molecular weight is 271 g/mol. The number of rotatable bonds is 10. The molecule has 1 aliphatic rings. The van der Waals surface area contributed by atoms with Crippen molar-refractivity contribution in [2.24, 2.45) is 11.8 Å². The third kappa shape index (κ3) is 7.91. The lowest BCUT2D eigenvalue weighted by atomic mass is 9.80. The van der Waals surface area contributed by atoms with Gasteiger partial charge >= 0.3 is 0 Å². The predicted octanol–water partition coefficient (Wildman–Crippen LogP) is 3.23. The van der Waals surface area contributed by atoms with Crippen molar-refractivity contribution in [3.63, 3.8) is 0 Å². The highest BCUT2D eigenvalue weighted by molar-refractivity contribution is 4.78. The molecule has 1 N–H and O–H groups in total. The Bertz CT molecular complexity index is 201. The van der Waals surface area contributed by atoms with Gasteiger partial charge in [-0.3, -0.25) is 0 Å². The van der Waals surface area contributed by atoms with Gasteiger partial charge in [-0.25, -0.2) is 0 Å². The second kappa shape index (κ2) is 10.6. The molecule has 114 valence electrons. The van der Waals surface area contributed by atoms with Crippen molar-refractivity contribution in [3.05, 3.63) is 0 Å². The Balaban J connectivity index is 1.88. The largest absolute Gasteiger partial charge is 0.382 e. The minimum atomic E-state index is 0.706. The van der Waals surface area contributed by atoms with Crippen LogP contribution in [0.25, 0.3) is 0 Å². The van der Waals surface area contributed by atoms with Crippen LogP contribution in [0.4, 0.5) is 0 Å². The summed E-state index contributed by atoms with van der Waals surface area (Å²) in [6, 6.07) is 0.768. The van der Waals surface area contributed by atoms with Crippen LogP contribution in [-0.2, 0) is 9.47 Å². The van der Waals surface area contributed by atoms with Crippen LogP contribution in [0.15, 0.2) is 0 Å². The number of hydrogen-bond donors (Lipinski definition) is 1. The van der Waals surface area contributed by atoms with Crippen LogP contribution < -0.4 is 5.32 Å². The molecule has 0 spiro atoms. The first-order valence-electron chi connectivity index (χ1n) is 8.04. The Labute approximate surface area is 119 Å². The molecule has 0 radical (unpaired) electrons. The molecule has 1 aliphatic carbocycles. The number of unbranched alkanes of at least 4 members (excludes halogenated alkanes) is 1. The van der Waals surface area contributed by atoms with E-state index < -0.39 is 0 Å². The highest BCUT2D eigenvalue weighted by Crippen LogP contribution is 2.29. The van der Waals surface area contributed by atoms with E-state index >= 15 is 0 Å². The Morgan fingerprint density at radius 2 is 1.74 bits per heavy atom. The van der Waals surface area contributed by atoms with Crippen LogP contribution >= 0.6 is 0 Å². The molecule has 0 aromatic carbocycles. The highest BCUT2D eigenvalue weighted by Gasteiger charge is 2.22. The first-order valence-corrected chi connectivity index (χ1v) is 8.04. The van der Waals surface area contributed by atoms with Gasteiger partial charge < -0.3 is 14.8 Å². The summed E-state index contributed by atoms with van der Waals surface area (Å²) in [6.45, 7) is 8.17. The van der Waals surface area contributed by atoms with Gasteiger partial charge in [-0.15, -0.1) is 0 Å². The molecule has 1 saturated carbocycles. The van der Waals surface area contributed by atoms with Gasteiger partial charge in [0.25, 0.3) is 0 Å². The minimum Gasteiger partial charge on any atom is -0.382 e. The summed E-state index contributed by atoms with van der Waals surface area (Å²) in [5, 5.41) is 3.70. The van der Waals surface area contributed by atoms with Crippen molar-refractivity contribution in [1.82, 2.24) is 5.32 Å². The molecular weight excluding hydrogens is 238 g/mol. The molecule has 0 aromatic heterocycles. The van der Waals surface area contributed by atoms with Gasteiger partial charge in [0.05, 0.1) is 13.2 Å². The molecule has 0 unspecified atom stereocenters. The Hall–Kier alpha value is -0.120. The second-order valence-corrected chi connectivity index (χ2v) is 6.12. The maximum absolute atomic E-state index is 5.45. The normalized spacial score (nSPS) is 24.0. The first-order chi connectivity index (χ1) is 9.24. The first kappa shape index (κ1) is 16.9. The zero-order valence-corrected chi connectivity index (χ0v) is 13.1. The predicted molar refractivity (Wildman–Crippen MR) is 80.5 cm³/mol. The van der Waals surface area contributed by atoms with Crippen molar-refractivity contribution >= 4 is 0 Å². The van der Waals surface area contributed by atoms with E-state index in [0.29, 0.717) is 6.61 Å². The van der Waals surface area contributed by atoms with Gasteiger partial charge in [-0.05, 0) is 56.9 Å². The van der Waals surface area contributed by atoms with Gasteiger partial charge in [0, 0.05) is 19.8 Å². The zero-order valence-electron chi connectivity index (χ0n) is 13.1. The molecular formula is C16H33NO2. The van der Waals surface area contributed by atoms with Crippen LogP contribution in [0.2, 0.25) is 0 Å². The van der Waals surface area contributed by atoms with Gasteiger partial charge in [0.15, 0.2) is 0 Å². The van der Waals surface area contributed by atoms with E-state index in [0.717, 1.165) is 44.1 Å². The van der Waals surface area contributed by atoms with Gasteiger partial charge in [-0.2, -0.15) is 0 Å². The van der Waals surface area contributed by atoms with Crippen molar-refractivity contribution in [3.8, 4) is 0 Å². The molecule has 0 heterocycles. The summed E-state index contributed by atoms with van der Waals surface area (Å²) in [5.41, 5.74) is 0. The van der Waals surface area contributed by atoms with E-state index in [-0.39, 0.29) is 0 Å². The van der Waals surface area contributed by atoms with Crippen molar-refractivity contribution in [2.75, 3.05) is 33.5 Å². The quantitative estimate of drug-likeness (QED) is 0.619. The van der Waals surface area contributed by atoms with Crippen molar-refractivity contribution in [2.45, 2.75) is 58.4 Å². The summed E-state index contributed by atoms with van der Waals surface area (Å²) in [6.07, 6.45) is 7.93. The van der Waals surface area contributed by atoms with E-state index in [1.807, 2.05) is 0 Å². The fourth-order valence-electron chi connectivity index (χ4n) is 2.87. The topological polar surface area (TPSA) is 30.5 Å². The SMILES string of the molecule is COCCOCCCCNC1CCC(C(C)C)CC1. The Morgan fingerprint density at radius 3 is 2.37 bits per heavy atom. The lowest BCUT2D eigenvalue weighted by Gasteiger charge is -2.31. The lowest BCUT2D eigenvalue weighted by Crippen LogP contribution is -2.34. The molecule has 0 atom stereocenters. The van der Waals surface area contributed by atoms with Gasteiger partial charge in [0.2, 0.25) is 0 Å². The number of methoxy groups -OCH3 is 1. The summed E-state index contributed by atoms with van der Waals surface area (Å²) < 4.78 is 10.4. The van der Waals surface area contributed by atoms with Crippen molar-refractivity contribution in [1.29, 1.82) is 0 Å². The van der Waals surface area contributed by atoms with E-state index in [4.69, 9.17) is 9.47 Å². The van der Waals surface area contributed by atoms with E-state index in [9.17, 15) is 0 Å². The van der Waals surface area contributed by atoms with Crippen molar-refractivity contribution < 1.29 is 9.47 Å². The molecule has 0 bridgehead atoms. The Kier molecular flexibility index (Phi) is 9.48. The average Bonchev–Trinajstić information content (AvgIpc) is 2.42. The highest BCUT2D eigenvalue weighted by atomic mass is 16.5. The third-order valence-corrected chi connectivity index (χ3v) is 4.29.